The third kappa shape index (κ3) is 4.40. The first-order chi connectivity index (χ1) is 10.6. The van der Waals surface area contributed by atoms with Gasteiger partial charge in [-0.1, -0.05) is 27.5 Å². The van der Waals surface area contributed by atoms with Gasteiger partial charge in [0.25, 0.3) is 11.6 Å². The van der Waals surface area contributed by atoms with E-state index in [1.807, 2.05) is 0 Å². The van der Waals surface area contributed by atoms with Crippen LogP contribution in [0.4, 0.5) is 5.69 Å². The molecule has 1 atom stereocenters. The van der Waals surface area contributed by atoms with Crippen molar-refractivity contribution in [3.8, 4) is 0 Å². The molecule has 1 aromatic rings. The van der Waals surface area contributed by atoms with Crippen LogP contribution >= 0.6 is 27.5 Å². The summed E-state index contributed by atoms with van der Waals surface area (Å²) in [7, 11) is -3.36. The number of nitro groups is 1. The second-order valence-corrected chi connectivity index (χ2v) is 8.24. The molecule has 0 aromatic heterocycles. The number of carbonyl (C=O) groups excluding carboxylic acids is 1. The van der Waals surface area contributed by atoms with Gasteiger partial charge in [-0.3, -0.25) is 14.9 Å². The van der Waals surface area contributed by atoms with Gasteiger partial charge in [-0.05, 0) is 12.5 Å². The van der Waals surface area contributed by atoms with Crippen molar-refractivity contribution in [3.63, 3.8) is 0 Å². The number of halogens is 2. The summed E-state index contributed by atoms with van der Waals surface area (Å²) < 4.78 is 25.3. The van der Waals surface area contributed by atoms with E-state index in [4.69, 9.17) is 11.6 Å². The van der Waals surface area contributed by atoms with Gasteiger partial charge >= 0.3 is 0 Å². The highest BCUT2D eigenvalue weighted by Crippen LogP contribution is 2.33. The van der Waals surface area contributed by atoms with Gasteiger partial charge < -0.3 is 4.90 Å². The van der Waals surface area contributed by atoms with Crippen molar-refractivity contribution in [2.45, 2.75) is 12.5 Å². The van der Waals surface area contributed by atoms with Crippen LogP contribution in [0.3, 0.4) is 0 Å². The van der Waals surface area contributed by atoms with Gasteiger partial charge in [-0.15, -0.1) is 0 Å². The second-order valence-electron chi connectivity index (χ2n) is 5.17. The smallest absolute Gasteiger partial charge is 0.289 e. The summed E-state index contributed by atoms with van der Waals surface area (Å²) in [6.45, 7) is 0.519. The Hall–Kier alpha value is -1.23. The lowest BCUT2D eigenvalue weighted by Gasteiger charge is -2.17. The van der Waals surface area contributed by atoms with Crippen LogP contribution in [0.2, 0.25) is 5.02 Å². The molecule has 1 aliphatic heterocycles. The number of hydrogen-bond donors (Lipinski definition) is 1. The molecule has 0 unspecified atom stereocenters. The average Bonchev–Trinajstić information content (AvgIpc) is 2.86. The molecule has 0 radical (unpaired) electrons. The zero-order valence-electron chi connectivity index (χ0n) is 12.0. The van der Waals surface area contributed by atoms with Gasteiger partial charge in [-0.25, -0.2) is 13.1 Å². The van der Waals surface area contributed by atoms with Crippen molar-refractivity contribution in [1.82, 2.24) is 9.62 Å². The number of hydrogen-bond acceptors (Lipinski definition) is 5. The first-order valence-corrected chi connectivity index (χ1v) is 9.54. The van der Waals surface area contributed by atoms with E-state index in [1.54, 1.807) is 0 Å². The van der Waals surface area contributed by atoms with Crippen molar-refractivity contribution >= 4 is 49.1 Å². The van der Waals surface area contributed by atoms with E-state index < -0.39 is 20.9 Å². The fourth-order valence-corrected chi connectivity index (χ4v) is 3.88. The minimum atomic E-state index is -3.36. The van der Waals surface area contributed by atoms with E-state index in [-0.39, 0.29) is 28.9 Å². The SMILES string of the molecule is CS(=O)(=O)N[C@@H]1CCN(C(=O)c2cc(Br)cc([N+](=O)[O-])c2Cl)C1. The van der Waals surface area contributed by atoms with Gasteiger partial charge in [0, 0.05) is 29.7 Å². The monoisotopic (exact) mass is 425 g/mol. The highest BCUT2D eigenvalue weighted by Gasteiger charge is 2.31. The number of nitrogens with zero attached hydrogens (tertiary/aromatic N) is 2. The molecule has 11 heteroatoms. The Labute approximate surface area is 146 Å². The van der Waals surface area contributed by atoms with Crippen LogP contribution in [0.25, 0.3) is 0 Å². The normalized spacial score (nSPS) is 18.2. The summed E-state index contributed by atoms with van der Waals surface area (Å²) in [6, 6.07) is 2.25. The lowest BCUT2D eigenvalue weighted by Crippen LogP contribution is -2.38. The Balaban J connectivity index is 2.24. The lowest BCUT2D eigenvalue weighted by atomic mass is 10.1. The molecule has 1 fully saturated rings. The third-order valence-corrected chi connectivity index (χ3v) is 4.92. The van der Waals surface area contributed by atoms with Crippen LogP contribution in [-0.4, -0.2) is 49.5 Å². The fraction of sp³-hybridized carbons (Fsp3) is 0.417. The number of amides is 1. The molecule has 0 saturated carbocycles. The van der Waals surface area contributed by atoms with Crippen molar-refractivity contribution in [3.05, 3.63) is 37.3 Å². The molecule has 1 aliphatic rings. The molecular weight excluding hydrogens is 414 g/mol. The Morgan fingerprint density at radius 1 is 1.52 bits per heavy atom. The van der Waals surface area contributed by atoms with Gasteiger partial charge in [0.1, 0.15) is 5.02 Å². The Morgan fingerprint density at radius 3 is 2.74 bits per heavy atom. The molecular formula is C12H13BrClN3O5S. The number of benzene rings is 1. The van der Waals surface area contributed by atoms with Crippen LogP contribution in [0, 0.1) is 10.1 Å². The Morgan fingerprint density at radius 2 is 2.17 bits per heavy atom. The molecule has 1 aromatic carbocycles. The molecule has 1 amide bonds. The summed E-state index contributed by atoms with van der Waals surface area (Å²) >= 11 is 9.09. The number of carbonyl (C=O) groups is 1. The number of likely N-dealkylation sites (tertiary alicyclic amines) is 1. The van der Waals surface area contributed by atoms with Crippen molar-refractivity contribution < 1.29 is 18.1 Å². The molecule has 2 rings (SSSR count). The van der Waals surface area contributed by atoms with Gasteiger partial charge in [0.05, 0.1) is 16.7 Å². The predicted molar refractivity (Wildman–Crippen MR) is 88.1 cm³/mol. The maximum Gasteiger partial charge on any atom is 0.289 e. The number of nitro benzene ring substituents is 1. The van der Waals surface area contributed by atoms with E-state index in [0.29, 0.717) is 17.4 Å². The van der Waals surface area contributed by atoms with Crippen LogP contribution in [0.15, 0.2) is 16.6 Å². The largest absolute Gasteiger partial charge is 0.337 e. The molecule has 126 valence electrons. The molecule has 1 heterocycles. The lowest BCUT2D eigenvalue weighted by molar-refractivity contribution is -0.384. The zero-order valence-corrected chi connectivity index (χ0v) is 15.1. The summed E-state index contributed by atoms with van der Waals surface area (Å²) in [5, 5.41) is 10.7. The maximum atomic E-state index is 12.5. The van der Waals surface area contributed by atoms with Gasteiger partial charge in [0.15, 0.2) is 0 Å². The standard InChI is InChI=1S/C12H13BrClN3O5S/c1-23(21,22)15-8-2-3-16(6-8)12(18)9-4-7(13)5-10(11(9)14)17(19)20/h4-5,8,15H,2-3,6H2,1H3/t8-/m1/s1. The summed E-state index contributed by atoms with van der Waals surface area (Å²) in [6.07, 6.45) is 1.51. The summed E-state index contributed by atoms with van der Waals surface area (Å²) in [4.78, 5) is 24.3. The summed E-state index contributed by atoms with van der Waals surface area (Å²) in [5.41, 5.74) is -0.359. The number of rotatable bonds is 4. The van der Waals surface area contributed by atoms with E-state index >= 15 is 0 Å². The maximum absolute atomic E-state index is 12.5. The number of sulfonamides is 1. The van der Waals surface area contributed by atoms with Crippen molar-refractivity contribution in [2.75, 3.05) is 19.3 Å². The first-order valence-electron chi connectivity index (χ1n) is 6.48. The predicted octanol–water partition coefficient (Wildman–Crippen LogP) is 1.77. The zero-order chi connectivity index (χ0) is 17.4. The first kappa shape index (κ1) is 18.1. The van der Waals surface area contributed by atoms with Crippen molar-refractivity contribution in [1.29, 1.82) is 0 Å². The van der Waals surface area contributed by atoms with Crippen LogP contribution in [0.5, 0.6) is 0 Å². The Kier molecular flexibility index (Phi) is 5.29. The fourth-order valence-electron chi connectivity index (χ4n) is 2.38. The molecule has 23 heavy (non-hydrogen) atoms. The van der Waals surface area contributed by atoms with Gasteiger partial charge in [0.2, 0.25) is 10.0 Å². The van der Waals surface area contributed by atoms with Gasteiger partial charge in [-0.2, -0.15) is 0 Å². The summed E-state index contributed by atoms with van der Waals surface area (Å²) in [5.74, 6) is -0.475. The Bertz CT molecular complexity index is 770. The minimum absolute atomic E-state index is 0.00717. The van der Waals surface area contributed by atoms with E-state index in [2.05, 4.69) is 20.7 Å². The van der Waals surface area contributed by atoms with Crippen LogP contribution in [-0.2, 0) is 10.0 Å². The molecule has 0 aliphatic carbocycles. The van der Waals surface area contributed by atoms with E-state index in [0.717, 1.165) is 6.26 Å². The van der Waals surface area contributed by atoms with Crippen LogP contribution in [0.1, 0.15) is 16.8 Å². The highest BCUT2D eigenvalue weighted by atomic mass is 79.9. The molecule has 0 bridgehead atoms. The second kappa shape index (κ2) is 6.71. The third-order valence-electron chi connectivity index (χ3n) is 3.30. The molecule has 0 spiro atoms. The van der Waals surface area contributed by atoms with E-state index in [9.17, 15) is 23.3 Å². The number of nitrogens with one attached hydrogen (secondary N) is 1. The minimum Gasteiger partial charge on any atom is -0.337 e. The topological polar surface area (TPSA) is 110 Å². The molecule has 8 nitrogen and oxygen atoms in total. The van der Waals surface area contributed by atoms with Crippen LogP contribution < -0.4 is 4.72 Å². The quantitative estimate of drug-likeness (QED) is 0.583. The highest BCUT2D eigenvalue weighted by molar-refractivity contribution is 9.10. The molecule has 1 saturated heterocycles. The van der Waals surface area contributed by atoms with Crippen molar-refractivity contribution in [2.24, 2.45) is 0 Å². The van der Waals surface area contributed by atoms with E-state index in [1.165, 1.54) is 17.0 Å². The average molecular weight is 427 g/mol. The molecule has 1 N–H and O–H groups in total.